The number of nitrogens with zero attached hydrogens (tertiary/aromatic N) is 2. The van der Waals surface area contributed by atoms with E-state index in [0.717, 1.165) is 37.2 Å². The number of rotatable bonds is 6. The first-order valence-corrected chi connectivity index (χ1v) is 12.4. The predicted octanol–water partition coefficient (Wildman–Crippen LogP) is 3.80. The summed E-state index contributed by atoms with van der Waals surface area (Å²) in [6.45, 7) is 3.35. The van der Waals surface area contributed by atoms with Crippen molar-refractivity contribution in [2.75, 3.05) is 30.9 Å². The van der Waals surface area contributed by atoms with Crippen molar-refractivity contribution in [2.45, 2.75) is 31.7 Å². The second-order valence-corrected chi connectivity index (χ2v) is 9.77. The lowest BCUT2D eigenvalue weighted by molar-refractivity contribution is 0.0573. The third kappa shape index (κ3) is 5.74. The van der Waals surface area contributed by atoms with Crippen molar-refractivity contribution < 1.29 is 13.2 Å². The third-order valence-corrected chi connectivity index (χ3v) is 7.09. The van der Waals surface area contributed by atoms with Crippen LogP contribution in [0.15, 0.2) is 60.0 Å². The minimum Gasteiger partial charge on any atom is -0.336 e. The van der Waals surface area contributed by atoms with Crippen LogP contribution in [0.5, 0.6) is 0 Å². The van der Waals surface area contributed by atoms with E-state index in [1.54, 1.807) is 30.3 Å². The molecule has 31 heavy (non-hydrogen) atoms. The molecule has 6 nitrogen and oxygen atoms in total. The smallest absolute Gasteiger partial charge is 0.255 e. The Balaban J connectivity index is 1.32. The van der Waals surface area contributed by atoms with Gasteiger partial charge in [0.05, 0.1) is 5.41 Å². The van der Waals surface area contributed by atoms with E-state index in [9.17, 15) is 13.2 Å². The molecule has 1 aliphatic heterocycles. The highest BCUT2D eigenvalue weighted by Gasteiger charge is 2.28. The molecule has 0 aromatic heterocycles. The van der Waals surface area contributed by atoms with E-state index in [-0.39, 0.29) is 5.91 Å². The summed E-state index contributed by atoms with van der Waals surface area (Å²) < 4.78 is 27.1. The molecule has 2 aromatic rings. The largest absolute Gasteiger partial charge is 0.336 e. The van der Waals surface area contributed by atoms with Crippen LogP contribution in [0.4, 0.5) is 5.69 Å². The van der Waals surface area contributed by atoms with Gasteiger partial charge in [0, 0.05) is 43.5 Å². The Hall–Kier alpha value is -2.64. The fraction of sp³-hybridized carbons (Fsp3) is 0.375. The Morgan fingerprint density at radius 1 is 0.903 bits per heavy atom. The van der Waals surface area contributed by atoms with E-state index in [2.05, 4.69) is 9.62 Å². The van der Waals surface area contributed by atoms with E-state index in [4.69, 9.17) is 0 Å². The lowest BCUT2D eigenvalue weighted by Crippen LogP contribution is -2.51. The number of sulfonamides is 1. The van der Waals surface area contributed by atoms with Crippen LogP contribution in [-0.2, 0) is 10.0 Å². The first-order valence-electron chi connectivity index (χ1n) is 10.9. The Bertz CT molecular complexity index is 1010. The van der Waals surface area contributed by atoms with Gasteiger partial charge in [-0.3, -0.25) is 14.4 Å². The number of carbonyl (C=O) groups is 1. The molecule has 1 saturated carbocycles. The lowest BCUT2D eigenvalue weighted by Gasteiger charge is -2.38. The molecular formula is C24H29N3O3S. The SMILES string of the molecule is O=C(c1ccc(NS(=O)(=O)/C=C/c2ccccc2)cc1)N1CCN(C2CCCC2)CC1. The zero-order chi connectivity index (χ0) is 21.7. The maximum Gasteiger partial charge on any atom is 0.255 e. The maximum atomic E-state index is 12.8. The van der Waals surface area contributed by atoms with Gasteiger partial charge < -0.3 is 4.90 Å². The zero-order valence-electron chi connectivity index (χ0n) is 17.6. The average Bonchev–Trinajstić information content (AvgIpc) is 3.34. The highest BCUT2D eigenvalue weighted by atomic mass is 32.2. The van der Waals surface area contributed by atoms with Gasteiger partial charge in [-0.05, 0) is 48.7 Å². The molecule has 0 spiro atoms. The number of hydrogen-bond donors (Lipinski definition) is 1. The Kier molecular flexibility index (Phi) is 6.73. The minimum atomic E-state index is -3.63. The van der Waals surface area contributed by atoms with Gasteiger partial charge in [-0.25, -0.2) is 8.42 Å². The molecule has 1 heterocycles. The van der Waals surface area contributed by atoms with Gasteiger partial charge in [0.2, 0.25) is 0 Å². The summed E-state index contributed by atoms with van der Waals surface area (Å²) in [5.41, 5.74) is 1.82. The summed E-state index contributed by atoms with van der Waals surface area (Å²) in [6.07, 6.45) is 6.76. The molecule has 1 amide bonds. The van der Waals surface area contributed by atoms with Crippen LogP contribution < -0.4 is 4.72 Å². The van der Waals surface area contributed by atoms with Crippen LogP contribution in [0.3, 0.4) is 0 Å². The van der Waals surface area contributed by atoms with Crippen molar-refractivity contribution in [2.24, 2.45) is 0 Å². The number of amides is 1. The molecule has 1 saturated heterocycles. The van der Waals surface area contributed by atoms with Gasteiger partial charge in [0.15, 0.2) is 0 Å². The topological polar surface area (TPSA) is 69.7 Å². The highest BCUT2D eigenvalue weighted by molar-refractivity contribution is 7.95. The highest BCUT2D eigenvalue weighted by Crippen LogP contribution is 2.24. The number of piperazine rings is 1. The normalized spacial score (nSPS) is 18.5. The summed E-state index contributed by atoms with van der Waals surface area (Å²) in [5, 5.41) is 1.14. The third-order valence-electron chi connectivity index (χ3n) is 6.07. The van der Waals surface area contributed by atoms with E-state index >= 15 is 0 Å². The zero-order valence-corrected chi connectivity index (χ0v) is 18.4. The van der Waals surface area contributed by atoms with E-state index in [0.29, 0.717) is 17.3 Å². The average molecular weight is 440 g/mol. The molecule has 1 N–H and O–H groups in total. The number of hydrogen-bond acceptors (Lipinski definition) is 4. The van der Waals surface area contributed by atoms with Crippen molar-refractivity contribution >= 4 is 27.7 Å². The summed E-state index contributed by atoms with van der Waals surface area (Å²) >= 11 is 0. The van der Waals surface area contributed by atoms with E-state index in [1.165, 1.54) is 25.7 Å². The summed E-state index contributed by atoms with van der Waals surface area (Å²) in [5.74, 6) is 0.00412. The number of carbonyl (C=O) groups excluding carboxylic acids is 1. The molecule has 2 aliphatic rings. The van der Waals surface area contributed by atoms with Crippen molar-refractivity contribution in [1.29, 1.82) is 0 Å². The minimum absolute atomic E-state index is 0.00412. The Morgan fingerprint density at radius 3 is 2.19 bits per heavy atom. The molecular weight excluding hydrogens is 410 g/mol. The summed E-state index contributed by atoms with van der Waals surface area (Å²) in [7, 11) is -3.63. The van der Waals surface area contributed by atoms with Gasteiger partial charge in [-0.1, -0.05) is 43.2 Å². The van der Waals surface area contributed by atoms with Crippen LogP contribution in [0.2, 0.25) is 0 Å². The second-order valence-electron chi connectivity index (χ2n) is 8.20. The van der Waals surface area contributed by atoms with E-state index < -0.39 is 10.0 Å². The number of benzene rings is 2. The molecule has 0 bridgehead atoms. The molecule has 2 fully saturated rings. The molecule has 164 valence electrons. The molecule has 2 aromatic carbocycles. The van der Waals surface area contributed by atoms with Crippen molar-refractivity contribution in [3.8, 4) is 0 Å². The first kappa shape index (κ1) is 21.6. The first-order chi connectivity index (χ1) is 15.0. The van der Waals surface area contributed by atoms with Crippen LogP contribution in [-0.4, -0.2) is 56.3 Å². The number of nitrogens with one attached hydrogen (secondary N) is 1. The Morgan fingerprint density at radius 2 is 1.55 bits per heavy atom. The fourth-order valence-corrected chi connectivity index (χ4v) is 5.22. The van der Waals surface area contributed by atoms with Gasteiger partial charge in [-0.15, -0.1) is 0 Å². The molecule has 0 radical (unpaired) electrons. The summed E-state index contributed by atoms with van der Waals surface area (Å²) in [6, 6.07) is 16.6. The quantitative estimate of drug-likeness (QED) is 0.743. The lowest BCUT2D eigenvalue weighted by atomic mass is 10.1. The Labute approximate surface area is 184 Å². The van der Waals surface area contributed by atoms with Crippen LogP contribution in [0, 0.1) is 0 Å². The molecule has 7 heteroatoms. The number of anilines is 1. The van der Waals surface area contributed by atoms with Gasteiger partial charge in [0.25, 0.3) is 15.9 Å². The van der Waals surface area contributed by atoms with Gasteiger partial charge in [-0.2, -0.15) is 0 Å². The van der Waals surface area contributed by atoms with Crippen molar-refractivity contribution in [1.82, 2.24) is 9.80 Å². The van der Waals surface area contributed by atoms with E-state index in [1.807, 2.05) is 35.2 Å². The monoisotopic (exact) mass is 439 g/mol. The van der Waals surface area contributed by atoms with Gasteiger partial charge >= 0.3 is 0 Å². The van der Waals surface area contributed by atoms with Crippen molar-refractivity contribution in [3.63, 3.8) is 0 Å². The maximum absolute atomic E-state index is 12.8. The summed E-state index contributed by atoms with van der Waals surface area (Å²) in [4.78, 5) is 17.3. The molecule has 1 aliphatic carbocycles. The fourth-order valence-electron chi connectivity index (χ4n) is 4.35. The predicted molar refractivity (Wildman–Crippen MR) is 124 cm³/mol. The standard InChI is InChI=1S/C24H29N3O3S/c28-24(27-17-15-26(16-18-27)23-8-4-5-9-23)21-10-12-22(13-11-21)25-31(29,30)19-14-20-6-2-1-3-7-20/h1-3,6-7,10-14,19,23,25H,4-5,8-9,15-18H2/b19-14+. The molecule has 0 unspecified atom stereocenters. The molecule has 0 atom stereocenters. The van der Waals surface area contributed by atoms with Crippen LogP contribution in [0.25, 0.3) is 6.08 Å². The van der Waals surface area contributed by atoms with Crippen molar-refractivity contribution in [3.05, 3.63) is 71.1 Å². The van der Waals surface area contributed by atoms with Crippen LogP contribution in [0.1, 0.15) is 41.6 Å². The molecule has 4 rings (SSSR count). The van der Waals surface area contributed by atoms with Crippen LogP contribution >= 0.6 is 0 Å². The van der Waals surface area contributed by atoms with Gasteiger partial charge in [0.1, 0.15) is 0 Å². The second kappa shape index (κ2) is 9.66.